The van der Waals surface area contributed by atoms with Crippen molar-refractivity contribution in [2.75, 3.05) is 0 Å². The fourth-order valence-corrected chi connectivity index (χ4v) is 0.796. The van der Waals surface area contributed by atoms with Crippen LogP contribution < -0.4 is 5.32 Å². The van der Waals surface area contributed by atoms with E-state index in [9.17, 15) is 9.59 Å². The number of alkyl carbamates (subject to hydrolysis) is 1. The molecule has 0 rings (SSSR count). The molecule has 0 aliphatic carbocycles. The summed E-state index contributed by atoms with van der Waals surface area (Å²) in [6.45, 7) is 4.15. The van der Waals surface area contributed by atoms with Gasteiger partial charge in [0.25, 0.3) is 0 Å². The van der Waals surface area contributed by atoms with Crippen LogP contribution in [0.1, 0.15) is 29.0 Å². The highest BCUT2D eigenvalue weighted by Crippen LogP contribution is 2.07. The first-order valence-electron chi connectivity index (χ1n) is 5.10. The number of nitrogens with one attached hydrogen (secondary N) is 1. The van der Waals surface area contributed by atoms with Gasteiger partial charge in [-0.3, -0.25) is 0 Å². The summed E-state index contributed by atoms with van der Waals surface area (Å²) in [6, 6.07) is -1.42. The molecule has 0 aromatic rings. The van der Waals surface area contributed by atoms with Crippen molar-refractivity contribution in [3.8, 4) is 0 Å². The highest BCUT2D eigenvalue weighted by atomic mass is 16.6. The van der Waals surface area contributed by atoms with Gasteiger partial charge in [0, 0.05) is 1.37 Å². The van der Waals surface area contributed by atoms with Crippen molar-refractivity contribution in [2.24, 2.45) is 0 Å². The number of aliphatic carboxylic acids is 1. The maximum absolute atomic E-state index is 11.2. The van der Waals surface area contributed by atoms with Crippen LogP contribution in [-0.2, 0) is 9.53 Å². The van der Waals surface area contributed by atoms with Crippen molar-refractivity contribution in [1.29, 1.82) is 0 Å². The average molecular weight is 220 g/mol. The van der Waals surface area contributed by atoms with Gasteiger partial charge in [0.2, 0.25) is 0 Å². The summed E-state index contributed by atoms with van der Waals surface area (Å²) < 4.78 is 11.9. The number of hydrogen-bond acceptors (Lipinski definition) is 4. The van der Waals surface area contributed by atoms with Gasteiger partial charge in [-0.25, -0.2) is 9.59 Å². The summed E-state index contributed by atoms with van der Waals surface area (Å²) in [7, 11) is 0. The standard InChI is InChI=1S/C9H17NO5/c1-5(11)6(7(12)13)10-8(14)15-9(2,3)4/h5-6,11H,1-4H3,(H,10,14)(H,12,13)/t5-,6+/m1/s1/i2D. The molecule has 3 N–H and O–H groups in total. The van der Waals surface area contributed by atoms with Crippen LogP contribution in [-0.4, -0.2) is 40.0 Å². The Morgan fingerprint density at radius 2 is 2.07 bits per heavy atom. The number of rotatable bonds is 3. The summed E-state index contributed by atoms with van der Waals surface area (Å²) in [5.41, 5.74) is -0.994. The Morgan fingerprint density at radius 3 is 2.40 bits per heavy atom. The van der Waals surface area contributed by atoms with Gasteiger partial charge < -0.3 is 20.3 Å². The van der Waals surface area contributed by atoms with Gasteiger partial charge in [-0.1, -0.05) is 0 Å². The predicted octanol–water partition coefficient (Wildman–Crippen LogP) is 0.345. The van der Waals surface area contributed by atoms with Crippen molar-refractivity contribution in [3.63, 3.8) is 0 Å². The van der Waals surface area contributed by atoms with Crippen molar-refractivity contribution in [3.05, 3.63) is 0 Å². The first-order valence-corrected chi connectivity index (χ1v) is 4.39. The average Bonchev–Trinajstić information content (AvgIpc) is 2.12. The van der Waals surface area contributed by atoms with E-state index < -0.39 is 29.8 Å². The smallest absolute Gasteiger partial charge is 0.408 e. The van der Waals surface area contributed by atoms with Gasteiger partial charge in [-0.2, -0.15) is 0 Å². The molecule has 0 aliphatic heterocycles. The van der Waals surface area contributed by atoms with Crippen LogP contribution in [0.25, 0.3) is 0 Å². The van der Waals surface area contributed by atoms with Crippen LogP contribution in [0, 0.1) is 0 Å². The predicted molar refractivity (Wildman–Crippen MR) is 52.5 cm³/mol. The molecule has 0 radical (unpaired) electrons. The quantitative estimate of drug-likeness (QED) is 0.637. The van der Waals surface area contributed by atoms with Crippen molar-refractivity contribution in [2.45, 2.75) is 45.4 Å². The van der Waals surface area contributed by atoms with E-state index in [1.165, 1.54) is 20.8 Å². The van der Waals surface area contributed by atoms with Gasteiger partial charge in [-0.05, 0) is 27.7 Å². The van der Waals surface area contributed by atoms with Crippen molar-refractivity contribution >= 4 is 12.1 Å². The van der Waals surface area contributed by atoms with Gasteiger partial charge in [0.05, 0.1) is 6.10 Å². The molecule has 0 saturated heterocycles. The molecule has 2 atom stereocenters. The fourth-order valence-electron chi connectivity index (χ4n) is 0.796. The Balaban J connectivity index is 4.37. The Bertz CT molecular complexity index is 267. The summed E-state index contributed by atoms with van der Waals surface area (Å²) in [6.07, 6.45) is -2.20. The number of amides is 1. The number of aliphatic hydroxyl groups excluding tert-OH is 1. The normalized spacial score (nSPS) is 16.1. The molecule has 0 saturated carbocycles. The second-order valence-corrected chi connectivity index (χ2v) is 3.85. The van der Waals surface area contributed by atoms with Crippen LogP contribution in [0.5, 0.6) is 0 Å². The van der Waals surface area contributed by atoms with E-state index in [0.717, 1.165) is 0 Å². The first kappa shape index (κ1) is 11.8. The fraction of sp³-hybridized carbons (Fsp3) is 0.778. The molecule has 0 spiro atoms. The lowest BCUT2D eigenvalue weighted by Crippen LogP contribution is -2.49. The van der Waals surface area contributed by atoms with E-state index in [4.69, 9.17) is 16.3 Å². The number of aliphatic hydroxyl groups is 1. The Hall–Kier alpha value is -1.30. The number of carboxylic acids is 1. The number of carbonyl (C=O) groups excluding carboxylic acids is 1. The molecule has 0 heterocycles. The Morgan fingerprint density at radius 1 is 1.53 bits per heavy atom. The van der Waals surface area contributed by atoms with Crippen LogP contribution >= 0.6 is 0 Å². The van der Waals surface area contributed by atoms with Gasteiger partial charge in [0.15, 0.2) is 6.04 Å². The summed E-state index contributed by atoms with van der Waals surface area (Å²) in [4.78, 5) is 21.9. The lowest BCUT2D eigenvalue weighted by atomic mass is 10.2. The second kappa shape index (κ2) is 4.97. The van der Waals surface area contributed by atoms with Gasteiger partial charge in [-0.15, -0.1) is 0 Å². The molecule has 0 aromatic heterocycles. The highest BCUT2D eigenvalue weighted by Gasteiger charge is 2.27. The molecular weight excluding hydrogens is 202 g/mol. The minimum atomic E-state index is -1.42. The minimum absolute atomic E-state index is 0.146. The molecule has 15 heavy (non-hydrogen) atoms. The van der Waals surface area contributed by atoms with E-state index in [1.807, 2.05) is 5.32 Å². The molecule has 0 fully saturated rings. The molecule has 0 aromatic carbocycles. The van der Waals surface area contributed by atoms with E-state index in [2.05, 4.69) is 0 Å². The number of hydrogen-bond donors (Lipinski definition) is 3. The third kappa shape index (κ3) is 5.90. The molecule has 6 heteroatoms. The van der Waals surface area contributed by atoms with E-state index >= 15 is 0 Å². The summed E-state index contributed by atoms with van der Waals surface area (Å²) in [5.74, 6) is -1.35. The lowest BCUT2D eigenvalue weighted by Gasteiger charge is -2.22. The van der Waals surface area contributed by atoms with Crippen molar-refractivity contribution < 1.29 is 25.9 Å². The molecule has 6 nitrogen and oxygen atoms in total. The maximum atomic E-state index is 11.2. The monoisotopic (exact) mass is 220 g/mol. The van der Waals surface area contributed by atoms with E-state index in [0.29, 0.717) is 0 Å². The van der Waals surface area contributed by atoms with Gasteiger partial charge in [0.1, 0.15) is 5.60 Å². The molecule has 0 aliphatic rings. The number of carboxylic acid groups (broad SMARTS) is 1. The SMILES string of the molecule is [2H]CC(C)(C)OC(=O)N[C@H](C(=O)O)[C@@H](C)O. The highest BCUT2D eigenvalue weighted by molar-refractivity contribution is 5.80. The molecular formula is C9H17NO5. The van der Waals surface area contributed by atoms with Crippen molar-refractivity contribution in [1.82, 2.24) is 5.32 Å². The largest absolute Gasteiger partial charge is 0.480 e. The van der Waals surface area contributed by atoms with E-state index in [1.54, 1.807) is 0 Å². The van der Waals surface area contributed by atoms with Crippen LogP contribution in [0.15, 0.2) is 0 Å². The van der Waals surface area contributed by atoms with E-state index in [-0.39, 0.29) is 6.90 Å². The van der Waals surface area contributed by atoms with Crippen LogP contribution in [0.4, 0.5) is 4.79 Å². The lowest BCUT2D eigenvalue weighted by molar-refractivity contribution is -0.142. The Labute approximate surface area is 89.6 Å². The Kier molecular flexibility index (Phi) is 3.90. The summed E-state index contributed by atoms with van der Waals surface area (Å²) >= 11 is 0. The van der Waals surface area contributed by atoms with Crippen LogP contribution in [0.3, 0.4) is 0 Å². The third-order valence-corrected chi connectivity index (χ3v) is 1.39. The maximum Gasteiger partial charge on any atom is 0.408 e. The molecule has 0 unspecified atom stereocenters. The topological polar surface area (TPSA) is 95.9 Å². The molecule has 88 valence electrons. The van der Waals surface area contributed by atoms with Gasteiger partial charge >= 0.3 is 12.1 Å². The third-order valence-electron chi connectivity index (χ3n) is 1.39. The zero-order valence-corrected chi connectivity index (χ0v) is 8.98. The number of carbonyl (C=O) groups is 2. The second-order valence-electron chi connectivity index (χ2n) is 3.85. The molecule has 0 bridgehead atoms. The zero-order chi connectivity index (χ0) is 12.9. The van der Waals surface area contributed by atoms with Crippen LogP contribution in [0.2, 0.25) is 0 Å². The zero-order valence-electron chi connectivity index (χ0n) is 9.98. The number of ether oxygens (including phenoxy) is 1. The minimum Gasteiger partial charge on any atom is -0.480 e. The first-order chi connectivity index (χ1) is 7.19. The summed E-state index contributed by atoms with van der Waals surface area (Å²) in [5, 5.41) is 19.8. The molecule has 1 amide bonds.